The maximum Gasteiger partial charge on any atom is 0.416 e. The van der Waals surface area contributed by atoms with Crippen LogP contribution in [0.4, 0.5) is 13.2 Å². The van der Waals surface area contributed by atoms with Gasteiger partial charge in [0.2, 0.25) is 10.0 Å². The van der Waals surface area contributed by atoms with Crippen molar-refractivity contribution < 1.29 is 21.6 Å². The summed E-state index contributed by atoms with van der Waals surface area (Å²) < 4.78 is 63.8. The van der Waals surface area contributed by atoms with Crippen molar-refractivity contribution >= 4 is 10.0 Å². The number of alkyl halides is 3. The summed E-state index contributed by atoms with van der Waals surface area (Å²) in [7, 11) is -3.99. The second kappa shape index (κ2) is 5.71. The lowest BCUT2D eigenvalue weighted by atomic mass is 9.95. The first-order valence-corrected chi connectivity index (χ1v) is 7.33. The van der Waals surface area contributed by atoms with Crippen LogP contribution in [0.1, 0.15) is 19.4 Å². The Kier molecular flexibility index (Phi) is 4.83. The van der Waals surface area contributed by atoms with Gasteiger partial charge in [0.25, 0.3) is 0 Å². The van der Waals surface area contributed by atoms with E-state index >= 15 is 0 Å². The van der Waals surface area contributed by atoms with Gasteiger partial charge in [-0.05, 0) is 30.2 Å². The van der Waals surface area contributed by atoms with E-state index in [-0.39, 0.29) is 13.1 Å². The largest absolute Gasteiger partial charge is 0.416 e. The third-order valence-electron chi connectivity index (χ3n) is 2.76. The number of sulfonamides is 1. The number of halogens is 3. The lowest BCUT2D eigenvalue weighted by molar-refractivity contribution is -0.137. The zero-order chi connectivity index (χ0) is 15.6. The first-order valence-electron chi connectivity index (χ1n) is 5.85. The molecule has 0 aliphatic rings. The molecule has 1 aromatic rings. The molecular weight excluding hydrogens is 293 g/mol. The number of hydrogen-bond acceptors (Lipinski definition) is 3. The van der Waals surface area contributed by atoms with Crippen LogP contribution in [-0.4, -0.2) is 21.5 Å². The topological polar surface area (TPSA) is 72.2 Å². The second-order valence-electron chi connectivity index (χ2n) is 5.22. The van der Waals surface area contributed by atoms with E-state index in [4.69, 9.17) is 5.73 Å². The van der Waals surface area contributed by atoms with Crippen LogP contribution in [-0.2, 0) is 16.2 Å². The van der Waals surface area contributed by atoms with Gasteiger partial charge in [-0.1, -0.05) is 19.9 Å². The first kappa shape index (κ1) is 16.9. The van der Waals surface area contributed by atoms with Gasteiger partial charge in [-0.15, -0.1) is 0 Å². The molecule has 3 N–H and O–H groups in total. The van der Waals surface area contributed by atoms with Crippen LogP contribution in [0.5, 0.6) is 0 Å². The summed E-state index contributed by atoms with van der Waals surface area (Å²) >= 11 is 0. The van der Waals surface area contributed by atoms with Crippen molar-refractivity contribution in [1.82, 2.24) is 4.72 Å². The molecule has 0 aromatic heterocycles. The number of rotatable bonds is 5. The summed E-state index contributed by atoms with van der Waals surface area (Å²) in [5.74, 6) is 0. The average Bonchev–Trinajstić information content (AvgIpc) is 2.36. The quantitative estimate of drug-likeness (QED) is 0.873. The van der Waals surface area contributed by atoms with Gasteiger partial charge in [-0.3, -0.25) is 0 Å². The summed E-state index contributed by atoms with van der Waals surface area (Å²) in [5, 5.41) is 0. The smallest absolute Gasteiger partial charge is 0.330 e. The molecule has 4 nitrogen and oxygen atoms in total. The van der Waals surface area contributed by atoms with Crippen LogP contribution in [0, 0.1) is 5.41 Å². The van der Waals surface area contributed by atoms with E-state index in [1.165, 1.54) is 0 Å². The predicted octanol–water partition coefficient (Wildman–Crippen LogP) is 1.97. The van der Waals surface area contributed by atoms with Crippen LogP contribution >= 0.6 is 0 Å². The molecule has 0 saturated heterocycles. The molecular formula is C12H17F3N2O2S. The van der Waals surface area contributed by atoms with Crippen LogP contribution in [0.3, 0.4) is 0 Å². The average molecular weight is 310 g/mol. The Balaban J connectivity index is 2.99. The highest BCUT2D eigenvalue weighted by atomic mass is 32.2. The third-order valence-corrected chi connectivity index (χ3v) is 4.16. The molecule has 0 unspecified atom stereocenters. The van der Waals surface area contributed by atoms with Gasteiger partial charge in [0.1, 0.15) is 0 Å². The monoisotopic (exact) mass is 310 g/mol. The number of nitrogens with two attached hydrogens (primary N) is 1. The Morgan fingerprint density at radius 3 is 2.35 bits per heavy atom. The molecule has 0 radical (unpaired) electrons. The van der Waals surface area contributed by atoms with Crippen molar-refractivity contribution in [3.05, 3.63) is 29.8 Å². The van der Waals surface area contributed by atoms with E-state index in [0.29, 0.717) is 6.07 Å². The molecule has 1 aromatic carbocycles. The molecule has 1 rings (SSSR count). The maximum atomic E-state index is 12.6. The molecule has 0 amide bonds. The van der Waals surface area contributed by atoms with Gasteiger partial charge in [-0.25, -0.2) is 13.1 Å². The first-order chi connectivity index (χ1) is 8.98. The number of nitrogens with one attached hydrogen (secondary N) is 1. The zero-order valence-corrected chi connectivity index (χ0v) is 12.0. The molecule has 0 aliphatic heterocycles. The number of hydrogen-bond donors (Lipinski definition) is 2. The summed E-state index contributed by atoms with van der Waals surface area (Å²) in [6.07, 6.45) is -4.58. The molecule has 0 saturated carbocycles. The Labute approximate surface area is 116 Å². The van der Waals surface area contributed by atoms with E-state index in [9.17, 15) is 21.6 Å². The fraction of sp³-hybridized carbons (Fsp3) is 0.500. The van der Waals surface area contributed by atoms with E-state index < -0.39 is 32.1 Å². The van der Waals surface area contributed by atoms with Gasteiger partial charge in [0.05, 0.1) is 10.5 Å². The van der Waals surface area contributed by atoms with E-state index in [1.807, 2.05) is 0 Å². The van der Waals surface area contributed by atoms with Crippen LogP contribution < -0.4 is 10.5 Å². The molecule has 0 bridgehead atoms. The van der Waals surface area contributed by atoms with Gasteiger partial charge in [-0.2, -0.15) is 13.2 Å². The van der Waals surface area contributed by atoms with Crippen molar-refractivity contribution in [2.75, 3.05) is 13.1 Å². The highest BCUT2D eigenvalue weighted by Crippen LogP contribution is 2.30. The molecule has 8 heteroatoms. The van der Waals surface area contributed by atoms with E-state index in [0.717, 1.165) is 18.2 Å². The normalized spacial score (nSPS) is 13.5. The number of benzene rings is 1. The van der Waals surface area contributed by atoms with Crippen molar-refractivity contribution in [2.24, 2.45) is 11.1 Å². The van der Waals surface area contributed by atoms with Gasteiger partial charge in [0.15, 0.2) is 0 Å². The minimum Gasteiger partial charge on any atom is -0.330 e. The lowest BCUT2D eigenvalue weighted by Crippen LogP contribution is -2.38. The van der Waals surface area contributed by atoms with Crippen molar-refractivity contribution in [3.8, 4) is 0 Å². The second-order valence-corrected chi connectivity index (χ2v) is 6.99. The molecule has 0 fully saturated rings. The zero-order valence-electron chi connectivity index (χ0n) is 11.2. The maximum absolute atomic E-state index is 12.6. The Hall–Kier alpha value is -1.12. The van der Waals surface area contributed by atoms with Gasteiger partial charge >= 0.3 is 6.18 Å². The standard InChI is InChI=1S/C12H17F3N2O2S/c1-11(2,7-16)8-17-20(18,19)10-5-3-4-9(6-10)12(13,14)15/h3-6,17H,7-8,16H2,1-2H3. The molecule has 114 valence electrons. The van der Waals surface area contributed by atoms with Crippen molar-refractivity contribution in [2.45, 2.75) is 24.9 Å². The van der Waals surface area contributed by atoms with Crippen molar-refractivity contribution in [1.29, 1.82) is 0 Å². The van der Waals surface area contributed by atoms with Gasteiger partial charge < -0.3 is 5.73 Å². The minimum absolute atomic E-state index is 0.0437. The summed E-state index contributed by atoms with van der Waals surface area (Å²) in [4.78, 5) is -0.417. The Bertz CT molecular complexity index is 568. The lowest BCUT2D eigenvalue weighted by Gasteiger charge is -2.22. The van der Waals surface area contributed by atoms with Gasteiger partial charge in [0, 0.05) is 6.54 Å². The highest BCUT2D eigenvalue weighted by molar-refractivity contribution is 7.89. The molecule has 0 aliphatic carbocycles. The predicted molar refractivity (Wildman–Crippen MR) is 69.5 cm³/mol. The fourth-order valence-electron chi connectivity index (χ4n) is 1.29. The minimum atomic E-state index is -4.58. The highest BCUT2D eigenvalue weighted by Gasteiger charge is 2.31. The Morgan fingerprint density at radius 2 is 1.85 bits per heavy atom. The summed E-state index contributed by atoms with van der Waals surface area (Å²) in [6, 6.07) is 3.61. The van der Waals surface area contributed by atoms with Crippen LogP contribution in [0.25, 0.3) is 0 Å². The van der Waals surface area contributed by atoms with Crippen LogP contribution in [0.15, 0.2) is 29.2 Å². The van der Waals surface area contributed by atoms with Crippen LogP contribution in [0.2, 0.25) is 0 Å². The summed E-state index contributed by atoms with van der Waals surface area (Å²) in [5.41, 5.74) is 3.99. The van der Waals surface area contributed by atoms with E-state index in [2.05, 4.69) is 4.72 Å². The molecule has 20 heavy (non-hydrogen) atoms. The Morgan fingerprint density at radius 1 is 1.25 bits per heavy atom. The molecule has 0 heterocycles. The fourth-order valence-corrected chi connectivity index (χ4v) is 2.57. The third kappa shape index (κ3) is 4.46. The van der Waals surface area contributed by atoms with Crippen molar-refractivity contribution in [3.63, 3.8) is 0 Å². The molecule has 0 spiro atoms. The van der Waals surface area contributed by atoms with E-state index in [1.54, 1.807) is 13.8 Å². The summed E-state index contributed by atoms with van der Waals surface area (Å²) in [6.45, 7) is 3.80. The SMILES string of the molecule is CC(C)(CN)CNS(=O)(=O)c1cccc(C(F)(F)F)c1. The molecule has 0 atom stereocenters.